The third kappa shape index (κ3) is 5.78. The van der Waals surface area contributed by atoms with Crippen LogP contribution < -0.4 is 10.6 Å². The van der Waals surface area contributed by atoms with Crippen LogP contribution in [-0.2, 0) is 6.54 Å². The number of pyridine rings is 3. The normalized spacial score (nSPS) is 10.7. The zero-order valence-corrected chi connectivity index (χ0v) is 21.7. The van der Waals surface area contributed by atoms with Gasteiger partial charge in [-0.05, 0) is 50.1 Å². The summed E-state index contributed by atoms with van der Waals surface area (Å²) in [6, 6.07) is 11.8. The number of nitriles is 1. The second kappa shape index (κ2) is 11.0. The van der Waals surface area contributed by atoms with Crippen molar-refractivity contribution in [3.63, 3.8) is 0 Å². The smallest absolute Gasteiger partial charge is 0.270 e. The summed E-state index contributed by atoms with van der Waals surface area (Å²) >= 11 is 0. The summed E-state index contributed by atoms with van der Waals surface area (Å²) in [5, 5.41) is 18.5. The number of rotatable bonds is 7. The van der Waals surface area contributed by atoms with Crippen LogP contribution in [0.3, 0.4) is 0 Å². The molecule has 0 fully saturated rings. The van der Waals surface area contributed by atoms with Crippen molar-refractivity contribution >= 4 is 17.5 Å². The van der Waals surface area contributed by atoms with Gasteiger partial charge in [-0.1, -0.05) is 11.2 Å². The summed E-state index contributed by atoms with van der Waals surface area (Å²) in [6.45, 7) is 5.63. The average molecular weight is 536 g/mol. The maximum atomic E-state index is 13.6. The lowest BCUT2D eigenvalue weighted by molar-refractivity contribution is 0.0945. The third-order valence-electron chi connectivity index (χ3n) is 5.89. The van der Waals surface area contributed by atoms with Crippen LogP contribution in [0.4, 0.5) is 16.0 Å². The van der Waals surface area contributed by atoms with Gasteiger partial charge in [-0.2, -0.15) is 5.26 Å². The minimum absolute atomic E-state index is 0.0759. The number of halogens is 1. The van der Waals surface area contributed by atoms with Gasteiger partial charge in [0.15, 0.2) is 11.6 Å². The first-order valence-corrected chi connectivity index (χ1v) is 12.1. The van der Waals surface area contributed by atoms with Crippen LogP contribution in [0.1, 0.15) is 38.8 Å². The summed E-state index contributed by atoms with van der Waals surface area (Å²) in [5.41, 5.74) is 4.89. The molecule has 0 spiro atoms. The van der Waals surface area contributed by atoms with Crippen LogP contribution in [0.25, 0.3) is 22.6 Å². The van der Waals surface area contributed by atoms with Crippen LogP contribution in [0, 0.1) is 37.9 Å². The van der Waals surface area contributed by atoms with Crippen molar-refractivity contribution in [3.8, 4) is 28.7 Å². The standard InChI is InChI=1S/C28H22FN9O2/c1-15-6-19(27-35-16(2)7-24(37-27)36-25-9-21(10-30)40-38-25)13-33-26(15)28(39)34-12-18-4-5-23(32-11-18)22-8-20(29)14-31-17(22)3/h4-9,11,13-14H,12H2,1-3H3,(H,34,39)(H,35,36,37,38). The van der Waals surface area contributed by atoms with Crippen molar-refractivity contribution in [3.05, 3.63) is 94.8 Å². The first kappa shape index (κ1) is 26.1. The van der Waals surface area contributed by atoms with E-state index in [1.54, 1.807) is 38.2 Å². The highest BCUT2D eigenvalue weighted by Gasteiger charge is 2.15. The Kier molecular flexibility index (Phi) is 7.19. The minimum atomic E-state index is -0.430. The molecule has 11 nitrogen and oxygen atoms in total. The zero-order chi connectivity index (χ0) is 28.2. The van der Waals surface area contributed by atoms with E-state index in [1.807, 2.05) is 19.1 Å². The Labute approximate surface area is 228 Å². The van der Waals surface area contributed by atoms with E-state index in [0.29, 0.717) is 51.2 Å². The Morgan fingerprint density at radius 1 is 1.00 bits per heavy atom. The molecule has 0 aliphatic rings. The van der Waals surface area contributed by atoms with Crippen LogP contribution in [0.5, 0.6) is 0 Å². The quantitative estimate of drug-likeness (QED) is 0.302. The van der Waals surface area contributed by atoms with Gasteiger partial charge in [0.1, 0.15) is 23.4 Å². The summed E-state index contributed by atoms with van der Waals surface area (Å²) in [4.78, 5) is 34.6. The molecular weight excluding hydrogens is 513 g/mol. The lowest BCUT2D eigenvalue weighted by Gasteiger charge is -2.10. The SMILES string of the molecule is Cc1cc(Nc2cc(C#N)on2)nc(-c2cnc(C(=O)NCc3ccc(-c4cc(F)cnc4C)nc3)c(C)c2)n1. The largest absolute Gasteiger partial charge is 0.347 e. The van der Waals surface area contributed by atoms with Crippen molar-refractivity contribution in [1.29, 1.82) is 5.26 Å². The van der Waals surface area contributed by atoms with Crippen LogP contribution in [0.15, 0.2) is 59.5 Å². The lowest BCUT2D eigenvalue weighted by Crippen LogP contribution is -2.24. The van der Waals surface area contributed by atoms with E-state index in [-0.39, 0.29) is 23.9 Å². The molecule has 0 saturated heterocycles. The highest BCUT2D eigenvalue weighted by molar-refractivity contribution is 5.94. The molecular formula is C28H22FN9O2. The number of aromatic nitrogens is 6. The number of anilines is 2. The molecule has 5 aromatic rings. The molecule has 0 unspecified atom stereocenters. The molecule has 0 saturated carbocycles. The lowest BCUT2D eigenvalue weighted by atomic mass is 10.1. The van der Waals surface area contributed by atoms with E-state index in [1.165, 1.54) is 24.5 Å². The molecule has 5 heterocycles. The summed E-state index contributed by atoms with van der Waals surface area (Å²) in [6.07, 6.45) is 4.33. The number of hydrogen-bond acceptors (Lipinski definition) is 10. The molecule has 0 atom stereocenters. The molecule has 0 bridgehead atoms. The molecule has 2 N–H and O–H groups in total. The Balaban J connectivity index is 1.27. The number of carbonyl (C=O) groups is 1. The molecule has 0 aromatic carbocycles. The van der Waals surface area contributed by atoms with Gasteiger partial charge >= 0.3 is 0 Å². The van der Waals surface area contributed by atoms with Crippen LogP contribution in [-0.4, -0.2) is 36.0 Å². The molecule has 12 heteroatoms. The van der Waals surface area contributed by atoms with Crippen LogP contribution >= 0.6 is 0 Å². The van der Waals surface area contributed by atoms with Gasteiger partial charge in [-0.15, -0.1) is 0 Å². The predicted octanol–water partition coefficient (Wildman–Crippen LogP) is 4.59. The fourth-order valence-corrected chi connectivity index (χ4v) is 3.94. The Bertz CT molecular complexity index is 1760. The number of carbonyl (C=O) groups excluding carboxylic acids is 1. The number of amides is 1. The Morgan fingerprint density at radius 2 is 1.85 bits per heavy atom. The first-order chi connectivity index (χ1) is 19.3. The predicted molar refractivity (Wildman–Crippen MR) is 143 cm³/mol. The molecule has 5 rings (SSSR count). The molecule has 40 heavy (non-hydrogen) atoms. The van der Waals surface area contributed by atoms with Gasteiger partial charge in [0, 0.05) is 53.6 Å². The Hall–Kier alpha value is -5.57. The van der Waals surface area contributed by atoms with Gasteiger partial charge < -0.3 is 15.2 Å². The first-order valence-electron chi connectivity index (χ1n) is 12.1. The van der Waals surface area contributed by atoms with Crippen molar-refractivity contribution in [2.75, 3.05) is 5.32 Å². The third-order valence-corrected chi connectivity index (χ3v) is 5.89. The summed E-state index contributed by atoms with van der Waals surface area (Å²) < 4.78 is 18.5. The highest BCUT2D eigenvalue weighted by Crippen LogP contribution is 2.23. The second-order valence-corrected chi connectivity index (χ2v) is 8.94. The van der Waals surface area contributed by atoms with Crippen molar-refractivity contribution in [1.82, 2.24) is 35.4 Å². The topological polar surface area (TPSA) is 155 Å². The maximum Gasteiger partial charge on any atom is 0.270 e. The average Bonchev–Trinajstić information content (AvgIpc) is 3.40. The van der Waals surface area contributed by atoms with Gasteiger partial charge in [0.2, 0.25) is 5.76 Å². The monoisotopic (exact) mass is 535 g/mol. The summed E-state index contributed by atoms with van der Waals surface area (Å²) in [5.74, 6) is 0.512. The highest BCUT2D eigenvalue weighted by atomic mass is 19.1. The zero-order valence-electron chi connectivity index (χ0n) is 21.7. The number of nitrogens with one attached hydrogen (secondary N) is 2. The fraction of sp³-hybridized carbons (Fsp3) is 0.143. The number of hydrogen-bond donors (Lipinski definition) is 2. The summed E-state index contributed by atoms with van der Waals surface area (Å²) in [7, 11) is 0. The van der Waals surface area contributed by atoms with E-state index in [9.17, 15) is 9.18 Å². The van der Waals surface area contributed by atoms with E-state index < -0.39 is 5.82 Å². The van der Waals surface area contributed by atoms with E-state index in [4.69, 9.17) is 9.78 Å². The van der Waals surface area contributed by atoms with Crippen molar-refractivity contribution < 1.29 is 13.7 Å². The van der Waals surface area contributed by atoms with Crippen molar-refractivity contribution in [2.24, 2.45) is 0 Å². The Morgan fingerprint density at radius 3 is 2.58 bits per heavy atom. The fourth-order valence-electron chi connectivity index (χ4n) is 3.94. The maximum absolute atomic E-state index is 13.6. The minimum Gasteiger partial charge on any atom is -0.347 e. The molecule has 5 aromatic heterocycles. The number of aryl methyl sites for hydroxylation is 3. The molecule has 1 amide bonds. The van der Waals surface area contributed by atoms with E-state index >= 15 is 0 Å². The number of nitrogens with zero attached hydrogens (tertiary/aromatic N) is 7. The molecule has 0 aliphatic carbocycles. The molecule has 0 aliphatic heterocycles. The van der Waals surface area contributed by atoms with E-state index in [2.05, 4.69) is 40.7 Å². The van der Waals surface area contributed by atoms with Gasteiger partial charge in [0.25, 0.3) is 5.91 Å². The molecule has 198 valence electrons. The van der Waals surface area contributed by atoms with Gasteiger partial charge in [-0.3, -0.25) is 19.7 Å². The van der Waals surface area contributed by atoms with E-state index in [0.717, 1.165) is 5.56 Å². The second-order valence-electron chi connectivity index (χ2n) is 8.94. The van der Waals surface area contributed by atoms with Gasteiger partial charge in [-0.25, -0.2) is 14.4 Å². The van der Waals surface area contributed by atoms with Crippen LogP contribution in [0.2, 0.25) is 0 Å². The van der Waals surface area contributed by atoms with Gasteiger partial charge in [0.05, 0.1) is 11.9 Å². The van der Waals surface area contributed by atoms with Crippen molar-refractivity contribution in [2.45, 2.75) is 27.3 Å². The molecule has 0 radical (unpaired) electrons.